The van der Waals surface area contributed by atoms with Gasteiger partial charge in [-0.15, -0.1) is 0 Å². The molecule has 0 saturated heterocycles. The molecular formula is C17H25ClIN. The SMILES string of the molecule is CCCNC(c1ccc(I)c(Cl)c1)C1CCCC(C)C1. The van der Waals surface area contributed by atoms with Crippen molar-refractivity contribution < 1.29 is 0 Å². The molecule has 0 heterocycles. The van der Waals surface area contributed by atoms with Crippen LogP contribution in [0.3, 0.4) is 0 Å². The molecular weight excluding hydrogens is 381 g/mol. The zero-order valence-corrected chi connectivity index (χ0v) is 15.4. The van der Waals surface area contributed by atoms with Crippen LogP contribution in [0.2, 0.25) is 5.02 Å². The number of hydrogen-bond acceptors (Lipinski definition) is 1. The van der Waals surface area contributed by atoms with Crippen molar-refractivity contribution in [1.82, 2.24) is 5.32 Å². The molecule has 2 rings (SSSR count). The van der Waals surface area contributed by atoms with Gasteiger partial charge >= 0.3 is 0 Å². The molecule has 1 N–H and O–H groups in total. The van der Waals surface area contributed by atoms with E-state index in [1.54, 1.807) is 0 Å². The van der Waals surface area contributed by atoms with Crippen molar-refractivity contribution >= 4 is 34.2 Å². The summed E-state index contributed by atoms with van der Waals surface area (Å²) in [4.78, 5) is 0. The summed E-state index contributed by atoms with van der Waals surface area (Å²) >= 11 is 8.62. The van der Waals surface area contributed by atoms with E-state index in [4.69, 9.17) is 11.6 Å². The molecule has 0 amide bonds. The van der Waals surface area contributed by atoms with E-state index in [1.165, 1.54) is 37.7 Å². The van der Waals surface area contributed by atoms with Gasteiger partial charge in [-0.25, -0.2) is 0 Å². The fourth-order valence-corrected chi connectivity index (χ4v) is 3.87. The van der Waals surface area contributed by atoms with Crippen LogP contribution in [0.5, 0.6) is 0 Å². The van der Waals surface area contributed by atoms with Crippen molar-refractivity contribution in [2.75, 3.05) is 6.54 Å². The van der Waals surface area contributed by atoms with Gasteiger partial charge in [0.25, 0.3) is 0 Å². The molecule has 1 aromatic rings. The van der Waals surface area contributed by atoms with Gasteiger partial charge in [0.05, 0.1) is 5.02 Å². The molecule has 0 radical (unpaired) electrons. The minimum absolute atomic E-state index is 0.465. The lowest BCUT2D eigenvalue weighted by molar-refractivity contribution is 0.224. The van der Waals surface area contributed by atoms with Gasteiger partial charge in [-0.2, -0.15) is 0 Å². The van der Waals surface area contributed by atoms with Gasteiger partial charge in [-0.3, -0.25) is 0 Å². The first-order valence-electron chi connectivity index (χ1n) is 7.80. The molecule has 1 nitrogen and oxygen atoms in total. The van der Waals surface area contributed by atoms with E-state index in [1.807, 2.05) is 0 Å². The summed E-state index contributed by atoms with van der Waals surface area (Å²) in [6.07, 6.45) is 6.62. The lowest BCUT2D eigenvalue weighted by atomic mass is 9.76. The number of rotatable bonds is 5. The summed E-state index contributed by atoms with van der Waals surface area (Å²) in [7, 11) is 0. The molecule has 1 aliphatic rings. The minimum atomic E-state index is 0.465. The summed E-state index contributed by atoms with van der Waals surface area (Å²) in [6.45, 7) is 5.71. The maximum absolute atomic E-state index is 6.32. The zero-order chi connectivity index (χ0) is 14.5. The van der Waals surface area contributed by atoms with Crippen LogP contribution in [0, 0.1) is 15.4 Å². The Labute approximate surface area is 142 Å². The van der Waals surface area contributed by atoms with E-state index >= 15 is 0 Å². The molecule has 112 valence electrons. The van der Waals surface area contributed by atoms with Gasteiger partial charge in [-0.1, -0.05) is 44.4 Å². The van der Waals surface area contributed by atoms with E-state index in [9.17, 15) is 0 Å². The van der Waals surface area contributed by atoms with Crippen molar-refractivity contribution in [2.45, 2.75) is 52.0 Å². The summed E-state index contributed by atoms with van der Waals surface area (Å²) in [6, 6.07) is 7.02. The highest BCUT2D eigenvalue weighted by molar-refractivity contribution is 14.1. The van der Waals surface area contributed by atoms with Crippen LogP contribution in [0.1, 0.15) is 57.6 Å². The van der Waals surface area contributed by atoms with Crippen LogP contribution < -0.4 is 5.32 Å². The third-order valence-corrected chi connectivity index (χ3v) is 5.94. The van der Waals surface area contributed by atoms with Gasteiger partial charge in [0.1, 0.15) is 0 Å². The van der Waals surface area contributed by atoms with Crippen molar-refractivity contribution in [1.29, 1.82) is 0 Å². The Morgan fingerprint density at radius 1 is 1.40 bits per heavy atom. The highest BCUT2D eigenvalue weighted by Crippen LogP contribution is 2.38. The first-order valence-corrected chi connectivity index (χ1v) is 9.25. The maximum atomic E-state index is 6.32. The maximum Gasteiger partial charge on any atom is 0.0542 e. The second kappa shape index (κ2) is 8.00. The Morgan fingerprint density at radius 2 is 2.20 bits per heavy atom. The van der Waals surface area contributed by atoms with Gasteiger partial charge < -0.3 is 5.32 Å². The molecule has 1 aromatic carbocycles. The topological polar surface area (TPSA) is 12.0 Å². The first kappa shape index (κ1) is 16.6. The molecule has 0 aliphatic heterocycles. The van der Waals surface area contributed by atoms with E-state index in [0.717, 1.165) is 27.0 Å². The van der Waals surface area contributed by atoms with Crippen molar-refractivity contribution in [2.24, 2.45) is 11.8 Å². The molecule has 3 unspecified atom stereocenters. The van der Waals surface area contributed by atoms with E-state index in [-0.39, 0.29) is 0 Å². The summed E-state index contributed by atoms with van der Waals surface area (Å²) < 4.78 is 1.14. The summed E-state index contributed by atoms with van der Waals surface area (Å²) in [5.41, 5.74) is 1.36. The second-order valence-electron chi connectivity index (χ2n) is 6.14. The molecule has 3 atom stereocenters. The Bertz CT molecular complexity index is 435. The van der Waals surface area contributed by atoms with Crippen molar-refractivity contribution in [3.63, 3.8) is 0 Å². The molecule has 1 fully saturated rings. The average molecular weight is 406 g/mol. The van der Waals surface area contributed by atoms with Crippen LogP contribution in [-0.4, -0.2) is 6.54 Å². The van der Waals surface area contributed by atoms with Gasteiger partial charge in [0, 0.05) is 9.61 Å². The Morgan fingerprint density at radius 3 is 2.85 bits per heavy atom. The predicted octanol–water partition coefficient (Wildman–Crippen LogP) is 5.81. The predicted molar refractivity (Wildman–Crippen MR) is 96.3 cm³/mol. The van der Waals surface area contributed by atoms with Gasteiger partial charge in [0.2, 0.25) is 0 Å². The van der Waals surface area contributed by atoms with Crippen LogP contribution in [0.4, 0.5) is 0 Å². The molecule has 0 aromatic heterocycles. The van der Waals surface area contributed by atoms with E-state index in [0.29, 0.717) is 6.04 Å². The highest BCUT2D eigenvalue weighted by atomic mass is 127. The monoisotopic (exact) mass is 405 g/mol. The molecule has 1 saturated carbocycles. The number of hydrogen-bond donors (Lipinski definition) is 1. The van der Waals surface area contributed by atoms with Gasteiger partial charge in [0.15, 0.2) is 0 Å². The summed E-state index contributed by atoms with van der Waals surface area (Å²) in [5, 5.41) is 4.65. The lowest BCUT2D eigenvalue weighted by Gasteiger charge is -2.34. The number of benzene rings is 1. The largest absolute Gasteiger partial charge is 0.310 e. The number of halogens is 2. The molecule has 1 aliphatic carbocycles. The standard InChI is InChI=1S/C17H25ClIN/c1-3-9-20-17(13-6-4-5-12(2)10-13)14-7-8-16(19)15(18)11-14/h7-8,11-13,17,20H,3-6,9-10H2,1-2H3. The average Bonchev–Trinajstić information content (AvgIpc) is 2.43. The highest BCUT2D eigenvalue weighted by Gasteiger charge is 2.27. The van der Waals surface area contributed by atoms with Gasteiger partial charge in [-0.05, 0) is 77.9 Å². The summed E-state index contributed by atoms with van der Waals surface area (Å²) in [5.74, 6) is 1.61. The van der Waals surface area contributed by atoms with Crippen LogP contribution >= 0.6 is 34.2 Å². The Kier molecular flexibility index (Phi) is 6.63. The fourth-order valence-electron chi connectivity index (χ4n) is 3.35. The Hall–Kier alpha value is 0.200. The van der Waals surface area contributed by atoms with Crippen molar-refractivity contribution in [3.05, 3.63) is 32.4 Å². The smallest absolute Gasteiger partial charge is 0.0542 e. The fraction of sp³-hybridized carbons (Fsp3) is 0.647. The third kappa shape index (κ3) is 4.35. The van der Waals surface area contributed by atoms with E-state index in [2.05, 4.69) is 60.0 Å². The zero-order valence-electron chi connectivity index (χ0n) is 12.5. The molecule has 0 bridgehead atoms. The van der Waals surface area contributed by atoms with Crippen LogP contribution in [-0.2, 0) is 0 Å². The van der Waals surface area contributed by atoms with Crippen molar-refractivity contribution in [3.8, 4) is 0 Å². The molecule has 3 heteroatoms. The third-order valence-electron chi connectivity index (χ3n) is 4.37. The first-order chi connectivity index (χ1) is 9.61. The normalized spacial score (nSPS) is 24.6. The molecule has 20 heavy (non-hydrogen) atoms. The Balaban J connectivity index is 2.19. The molecule has 0 spiro atoms. The van der Waals surface area contributed by atoms with Crippen LogP contribution in [0.25, 0.3) is 0 Å². The lowest BCUT2D eigenvalue weighted by Crippen LogP contribution is -2.31. The van der Waals surface area contributed by atoms with Crippen LogP contribution in [0.15, 0.2) is 18.2 Å². The minimum Gasteiger partial charge on any atom is -0.310 e. The quantitative estimate of drug-likeness (QED) is 0.609. The second-order valence-corrected chi connectivity index (χ2v) is 7.71. The van der Waals surface area contributed by atoms with E-state index < -0.39 is 0 Å². The number of nitrogens with one attached hydrogen (secondary N) is 1.